The average Bonchev–Trinajstić information content (AvgIpc) is 2.45. The third-order valence-electron chi connectivity index (χ3n) is 4.13. The van der Waals surface area contributed by atoms with Crippen molar-refractivity contribution in [3.8, 4) is 0 Å². The van der Waals surface area contributed by atoms with Crippen molar-refractivity contribution in [2.45, 2.75) is 51.2 Å². The maximum absolute atomic E-state index is 5.58. The largest absolute Gasteiger partial charge is 0.371 e. The van der Waals surface area contributed by atoms with Gasteiger partial charge in [-0.05, 0) is 39.7 Å². The maximum atomic E-state index is 5.58. The Bertz CT molecular complexity index is 416. The molecule has 4 heteroatoms. The zero-order valence-electron chi connectivity index (χ0n) is 11.8. The molecule has 2 unspecified atom stereocenters. The van der Waals surface area contributed by atoms with Crippen LogP contribution in [0.4, 0.5) is 0 Å². The van der Waals surface area contributed by atoms with E-state index in [4.69, 9.17) is 9.72 Å². The molecular weight excluding hydrogens is 226 g/mol. The van der Waals surface area contributed by atoms with Gasteiger partial charge < -0.3 is 10.1 Å². The summed E-state index contributed by atoms with van der Waals surface area (Å²) >= 11 is 0. The van der Waals surface area contributed by atoms with Gasteiger partial charge in [-0.25, -0.2) is 9.97 Å². The Morgan fingerprint density at radius 3 is 2.94 bits per heavy atom. The van der Waals surface area contributed by atoms with E-state index in [0.717, 1.165) is 18.7 Å². The van der Waals surface area contributed by atoms with Crippen molar-refractivity contribution in [2.24, 2.45) is 0 Å². The van der Waals surface area contributed by atoms with Gasteiger partial charge in [0.2, 0.25) is 0 Å². The molecule has 0 aliphatic heterocycles. The van der Waals surface area contributed by atoms with E-state index < -0.39 is 0 Å². The zero-order valence-corrected chi connectivity index (χ0v) is 11.8. The maximum Gasteiger partial charge on any atom is 0.160 e. The van der Waals surface area contributed by atoms with Crippen molar-refractivity contribution >= 4 is 0 Å². The van der Waals surface area contributed by atoms with Gasteiger partial charge in [-0.2, -0.15) is 0 Å². The number of rotatable bonds is 4. The molecule has 100 valence electrons. The first kappa shape index (κ1) is 13.4. The number of ether oxygens (including phenoxy) is 1. The van der Waals surface area contributed by atoms with E-state index in [0.29, 0.717) is 6.04 Å². The minimum Gasteiger partial charge on any atom is -0.371 e. The van der Waals surface area contributed by atoms with Crippen LogP contribution in [0.2, 0.25) is 0 Å². The number of methoxy groups -OCH3 is 1. The normalized spacial score (nSPS) is 22.3. The molecule has 1 aliphatic carbocycles. The summed E-state index contributed by atoms with van der Waals surface area (Å²) in [4.78, 5) is 9.28. The summed E-state index contributed by atoms with van der Waals surface area (Å²) < 4.78 is 5.58. The van der Waals surface area contributed by atoms with Crippen LogP contribution in [0.25, 0.3) is 0 Å². The van der Waals surface area contributed by atoms with Crippen LogP contribution in [-0.2, 0) is 16.8 Å². The Morgan fingerprint density at radius 1 is 1.56 bits per heavy atom. The second kappa shape index (κ2) is 5.33. The summed E-state index contributed by atoms with van der Waals surface area (Å²) in [6.07, 6.45) is 6.25. The van der Waals surface area contributed by atoms with Crippen molar-refractivity contribution < 1.29 is 4.74 Å². The Balaban J connectivity index is 2.38. The topological polar surface area (TPSA) is 47.0 Å². The van der Waals surface area contributed by atoms with Crippen molar-refractivity contribution in [3.05, 3.63) is 23.3 Å². The number of fused-ring (bicyclic) bond motifs is 1. The summed E-state index contributed by atoms with van der Waals surface area (Å²) in [6.45, 7) is 4.15. The highest BCUT2D eigenvalue weighted by Gasteiger charge is 2.29. The van der Waals surface area contributed by atoms with E-state index >= 15 is 0 Å². The van der Waals surface area contributed by atoms with Crippen LogP contribution in [0.15, 0.2) is 6.20 Å². The van der Waals surface area contributed by atoms with Crippen LogP contribution in [0.1, 0.15) is 56.2 Å². The van der Waals surface area contributed by atoms with Gasteiger partial charge in [0.05, 0.1) is 0 Å². The second-order valence-corrected chi connectivity index (χ2v) is 5.12. The van der Waals surface area contributed by atoms with Gasteiger partial charge in [-0.3, -0.25) is 0 Å². The quantitative estimate of drug-likeness (QED) is 0.889. The lowest BCUT2D eigenvalue weighted by molar-refractivity contribution is -0.00927. The molecule has 4 nitrogen and oxygen atoms in total. The van der Waals surface area contributed by atoms with Crippen LogP contribution in [0.5, 0.6) is 0 Å². The van der Waals surface area contributed by atoms with Gasteiger partial charge in [-0.1, -0.05) is 6.92 Å². The molecule has 0 spiro atoms. The smallest absolute Gasteiger partial charge is 0.160 e. The van der Waals surface area contributed by atoms with E-state index in [1.807, 2.05) is 20.2 Å². The highest BCUT2D eigenvalue weighted by molar-refractivity contribution is 5.25. The van der Waals surface area contributed by atoms with E-state index in [1.54, 1.807) is 7.11 Å². The number of aryl methyl sites for hydroxylation is 1. The Kier molecular flexibility index (Phi) is 3.97. The van der Waals surface area contributed by atoms with Gasteiger partial charge in [0, 0.05) is 30.6 Å². The lowest BCUT2D eigenvalue weighted by atomic mass is 9.92. The Labute approximate surface area is 109 Å². The van der Waals surface area contributed by atoms with Gasteiger partial charge in [0.15, 0.2) is 5.82 Å². The molecule has 1 aromatic heterocycles. The molecule has 1 aromatic rings. The molecule has 2 rings (SSSR count). The summed E-state index contributed by atoms with van der Waals surface area (Å²) in [5.41, 5.74) is 2.06. The molecule has 0 bridgehead atoms. The molecule has 18 heavy (non-hydrogen) atoms. The van der Waals surface area contributed by atoms with E-state index in [1.165, 1.54) is 24.1 Å². The first-order valence-electron chi connectivity index (χ1n) is 6.73. The molecule has 0 aromatic carbocycles. The van der Waals surface area contributed by atoms with Gasteiger partial charge in [-0.15, -0.1) is 0 Å². The minimum atomic E-state index is -0.373. The molecule has 1 N–H and O–H groups in total. The number of aromatic nitrogens is 2. The summed E-state index contributed by atoms with van der Waals surface area (Å²) in [7, 11) is 3.72. The van der Waals surface area contributed by atoms with Crippen LogP contribution in [0, 0.1) is 0 Å². The lowest BCUT2D eigenvalue weighted by Crippen LogP contribution is -2.29. The standard InChI is InChI=1S/C14H23N3O/c1-5-14(2,18-4)13-16-9-10-11(15-3)7-6-8-12(10)17-13/h9,11,15H,5-8H2,1-4H3. The number of hydrogen-bond acceptors (Lipinski definition) is 4. The number of nitrogens with one attached hydrogen (secondary N) is 1. The van der Waals surface area contributed by atoms with E-state index in [2.05, 4.69) is 17.2 Å². The predicted molar refractivity (Wildman–Crippen MR) is 71.4 cm³/mol. The molecule has 0 amide bonds. The highest BCUT2D eigenvalue weighted by atomic mass is 16.5. The summed E-state index contributed by atoms with van der Waals surface area (Å²) in [6, 6.07) is 0.401. The Morgan fingerprint density at radius 2 is 2.33 bits per heavy atom. The van der Waals surface area contributed by atoms with Crippen molar-refractivity contribution in [3.63, 3.8) is 0 Å². The van der Waals surface area contributed by atoms with Crippen LogP contribution >= 0.6 is 0 Å². The molecule has 0 saturated carbocycles. The van der Waals surface area contributed by atoms with Gasteiger partial charge >= 0.3 is 0 Å². The van der Waals surface area contributed by atoms with Crippen molar-refractivity contribution in [1.29, 1.82) is 0 Å². The van der Waals surface area contributed by atoms with E-state index in [9.17, 15) is 0 Å². The molecule has 1 aliphatic rings. The van der Waals surface area contributed by atoms with Crippen LogP contribution in [0.3, 0.4) is 0 Å². The first-order chi connectivity index (χ1) is 8.64. The minimum absolute atomic E-state index is 0.373. The fourth-order valence-electron chi connectivity index (χ4n) is 2.50. The van der Waals surface area contributed by atoms with Gasteiger partial charge in [0.1, 0.15) is 5.60 Å². The molecule has 0 fully saturated rings. The van der Waals surface area contributed by atoms with Crippen molar-refractivity contribution in [2.75, 3.05) is 14.2 Å². The molecule has 0 radical (unpaired) electrons. The molecular formula is C14H23N3O. The molecule has 2 atom stereocenters. The van der Waals surface area contributed by atoms with Gasteiger partial charge in [0.25, 0.3) is 0 Å². The number of nitrogens with zero attached hydrogens (tertiary/aromatic N) is 2. The fraction of sp³-hybridized carbons (Fsp3) is 0.714. The highest BCUT2D eigenvalue weighted by Crippen LogP contribution is 2.31. The Hall–Kier alpha value is -1.00. The average molecular weight is 249 g/mol. The lowest BCUT2D eigenvalue weighted by Gasteiger charge is -2.28. The third kappa shape index (κ3) is 2.27. The zero-order chi connectivity index (χ0) is 13.2. The summed E-state index contributed by atoms with van der Waals surface area (Å²) in [5, 5.41) is 3.34. The molecule has 1 heterocycles. The van der Waals surface area contributed by atoms with Crippen LogP contribution < -0.4 is 5.32 Å². The first-order valence-corrected chi connectivity index (χ1v) is 6.73. The second-order valence-electron chi connectivity index (χ2n) is 5.12. The molecule has 0 saturated heterocycles. The monoisotopic (exact) mass is 249 g/mol. The third-order valence-corrected chi connectivity index (χ3v) is 4.13. The predicted octanol–water partition coefficient (Wildman–Crippen LogP) is 2.35. The van der Waals surface area contributed by atoms with Crippen molar-refractivity contribution in [1.82, 2.24) is 15.3 Å². The summed E-state index contributed by atoms with van der Waals surface area (Å²) in [5.74, 6) is 0.808. The number of hydrogen-bond donors (Lipinski definition) is 1. The SMILES string of the molecule is CCC(C)(OC)c1ncc2c(n1)CCCC2NC. The fourth-order valence-corrected chi connectivity index (χ4v) is 2.50. The van der Waals surface area contributed by atoms with Crippen LogP contribution in [-0.4, -0.2) is 24.1 Å². The van der Waals surface area contributed by atoms with E-state index in [-0.39, 0.29) is 5.60 Å².